The van der Waals surface area contributed by atoms with Gasteiger partial charge in [0, 0.05) is 38.2 Å². The molecule has 204 valence electrons. The smallest absolute Gasteiger partial charge is 0.227 e. The number of carbonyl (C=O) groups is 1. The Hall–Kier alpha value is -2.73. The number of carbonyl (C=O) groups excluding carboxylic acids is 1. The average molecular weight is 511 g/mol. The highest BCUT2D eigenvalue weighted by Crippen LogP contribution is 2.31. The van der Waals surface area contributed by atoms with Crippen LogP contribution in [0.15, 0.2) is 42.5 Å². The van der Waals surface area contributed by atoms with E-state index in [1.807, 2.05) is 35.2 Å². The summed E-state index contributed by atoms with van der Waals surface area (Å²) < 4.78 is 17.2. The summed E-state index contributed by atoms with van der Waals surface area (Å²) in [5.41, 5.74) is 2.25. The second-order valence-corrected chi connectivity index (χ2v) is 10.5. The lowest BCUT2D eigenvalue weighted by Gasteiger charge is -2.36. The number of hydrogen-bond acceptors (Lipinski definition) is 5. The van der Waals surface area contributed by atoms with E-state index < -0.39 is 0 Å². The third-order valence-corrected chi connectivity index (χ3v) is 6.52. The summed E-state index contributed by atoms with van der Waals surface area (Å²) >= 11 is 0. The van der Waals surface area contributed by atoms with Gasteiger partial charge in [0.25, 0.3) is 0 Å². The van der Waals surface area contributed by atoms with E-state index in [-0.39, 0.29) is 11.8 Å². The van der Waals surface area contributed by atoms with Crippen LogP contribution in [0.3, 0.4) is 0 Å². The minimum absolute atomic E-state index is 0.0163. The number of rotatable bonds is 8. The molecule has 0 saturated carbocycles. The molecule has 0 radical (unpaired) electrons. The molecule has 1 fully saturated rings. The number of amides is 1. The van der Waals surface area contributed by atoms with Gasteiger partial charge in [-0.1, -0.05) is 58.4 Å². The lowest BCUT2D eigenvalue weighted by molar-refractivity contribution is -0.138. The highest BCUT2D eigenvalue weighted by molar-refractivity contribution is 5.79. The number of para-hydroxylation sites is 1. The summed E-state index contributed by atoms with van der Waals surface area (Å²) in [5, 5.41) is 0. The van der Waals surface area contributed by atoms with E-state index in [9.17, 15) is 4.79 Å². The zero-order chi connectivity index (χ0) is 26.6. The maximum Gasteiger partial charge on any atom is 0.227 e. The molecule has 2 aromatic carbocycles. The molecule has 4 rings (SSSR count). The number of nitrogens with zero attached hydrogens (tertiary/aromatic N) is 2. The minimum atomic E-state index is 0.0163. The van der Waals surface area contributed by atoms with Crippen molar-refractivity contribution in [3.8, 4) is 17.2 Å². The molecular formula is C31H46N2O4. The number of piperidine rings is 1. The van der Waals surface area contributed by atoms with Gasteiger partial charge in [-0.2, -0.15) is 0 Å². The number of methoxy groups -OCH3 is 1. The predicted molar refractivity (Wildman–Crippen MR) is 149 cm³/mol. The first-order valence-electron chi connectivity index (χ1n) is 14.0. The Kier molecular flexibility index (Phi) is 11.6. The number of ether oxygens (including phenoxy) is 3. The highest BCUT2D eigenvalue weighted by Gasteiger charge is 2.30. The van der Waals surface area contributed by atoms with Crippen molar-refractivity contribution >= 4 is 5.91 Å². The lowest BCUT2D eigenvalue weighted by Crippen LogP contribution is -2.45. The Labute approximate surface area is 223 Å². The summed E-state index contributed by atoms with van der Waals surface area (Å²) in [7, 11) is 1.71. The van der Waals surface area contributed by atoms with Crippen LogP contribution in [-0.4, -0.2) is 55.7 Å². The summed E-state index contributed by atoms with van der Waals surface area (Å²) in [5.74, 6) is 3.16. The Morgan fingerprint density at radius 1 is 1.08 bits per heavy atom. The molecule has 37 heavy (non-hydrogen) atoms. The Morgan fingerprint density at radius 2 is 1.81 bits per heavy atom. The van der Waals surface area contributed by atoms with Gasteiger partial charge in [-0.15, -0.1) is 0 Å². The van der Waals surface area contributed by atoms with Crippen molar-refractivity contribution in [3.63, 3.8) is 0 Å². The summed E-state index contributed by atoms with van der Waals surface area (Å²) in [4.78, 5) is 18.2. The largest absolute Gasteiger partial charge is 0.496 e. The van der Waals surface area contributed by atoms with Crippen LogP contribution in [0.4, 0.5) is 0 Å². The molecule has 6 heteroatoms. The molecule has 0 aliphatic carbocycles. The molecule has 1 saturated heterocycles. The molecule has 1 unspecified atom stereocenters. The Morgan fingerprint density at radius 3 is 2.54 bits per heavy atom. The van der Waals surface area contributed by atoms with Crippen LogP contribution in [0, 0.1) is 11.8 Å². The van der Waals surface area contributed by atoms with E-state index in [0.717, 1.165) is 68.3 Å². The monoisotopic (exact) mass is 510 g/mol. The molecule has 2 aliphatic heterocycles. The van der Waals surface area contributed by atoms with E-state index in [4.69, 9.17) is 14.2 Å². The average Bonchev–Trinajstić information content (AvgIpc) is 3.14. The number of likely N-dealkylation sites (tertiary alicyclic amines) is 1. The maximum atomic E-state index is 13.7. The Bertz CT molecular complexity index is 977. The first kappa shape index (κ1) is 28.8. The fourth-order valence-corrected chi connectivity index (χ4v) is 4.93. The molecule has 0 bridgehead atoms. The van der Waals surface area contributed by atoms with Crippen LogP contribution in [0.2, 0.25) is 0 Å². The van der Waals surface area contributed by atoms with E-state index in [1.54, 1.807) is 7.11 Å². The number of hydrogen-bond donors (Lipinski definition) is 0. The molecule has 6 nitrogen and oxygen atoms in total. The van der Waals surface area contributed by atoms with Gasteiger partial charge in [-0.25, -0.2) is 0 Å². The zero-order valence-electron chi connectivity index (χ0n) is 23.5. The molecule has 2 aliphatic rings. The van der Waals surface area contributed by atoms with E-state index >= 15 is 0 Å². The molecule has 0 N–H and O–H groups in total. The van der Waals surface area contributed by atoms with Gasteiger partial charge >= 0.3 is 0 Å². The van der Waals surface area contributed by atoms with Gasteiger partial charge in [0.2, 0.25) is 5.91 Å². The molecule has 1 atom stereocenters. The van der Waals surface area contributed by atoms with Crippen molar-refractivity contribution < 1.29 is 19.0 Å². The highest BCUT2D eigenvalue weighted by atomic mass is 16.5. The zero-order valence-corrected chi connectivity index (χ0v) is 23.5. The van der Waals surface area contributed by atoms with Crippen molar-refractivity contribution in [2.24, 2.45) is 11.8 Å². The summed E-state index contributed by atoms with van der Waals surface area (Å²) in [6, 6.07) is 14.2. The minimum Gasteiger partial charge on any atom is -0.496 e. The topological polar surface area (TPSA) is 51.2 Å². The van der Waals surface area contributed by atoms with Crippen LogP contribution in [0.1, 0.15) is 64.5 Å². The fraction of sp³-hybridized carbons (Fsp3) is 0.581. The van der Waals surface area contributed by atoms with Crippen LogP contribution >= 0.6 is 0 Å². The molecule has 2 aromatic rings. The lowest BCUT2D eigenvalue weighted by atomic mass is 9.95. The quantitative estimate of drug-likeness (QED) is 0.425. The van der Waals surface area contributed by atoms with Gasteiger partial charge in [-0.05, 0) is 49.1 Å². The van der Waals surface area contributed by atoms with Crippen LogP contribution in [-0.2, 0) is 17.9 Å². The third kappa shape index (κ3) is 8.67. The van der Waals surface area contributed by atoms with Gasteiger partial charge in [-0.3, -0.25) is 9.69 Å². The normalized spacial score (nSPS) is 17.4. The van der Waals surface area contributed by atoms with E-state index in [1.165, 1.54) is 12.0 Å². The number of fused-ring (bicyclic) bond motifs is 1. The Balaban J connectivity index is 0.00000121. The fourth-order valence-electron chi connectivity index (χ4n) is 4.93. The van der Waals surface area contributed by atoms with Crippen molar-refractivity contribution in [1.82, 2.24) is 9.80 Å². The van der Waals surface area contributed by atoms with Crippen molar-refractivity contribution in [3.05, 3.63) is 53.6 Å². The number of benzene rings is 2. The van der Waals surface area contributed by atoms with Gasteiger partial charge in [0.15, 0.2) is 11.5 Å². The van der Waals surface area contributed by atoms with Gasteiger partial charge in [0.1, 0.15) is 5.75 Å². The first-order valence-corrected chi connectivity index (χ1v) is 14.0. The van der Waals surface area contributed by atoms with E-state index in [0.29, 0.717) is 25.7 Å². The second-order valence-electron chi connectivity index (χ2n) is 10.5. The van der Waals surface area contributed by atoms with Gasteiger partial charge < -0.3 is 19.1 Å². The molecular weight excluding hydrogens is 464 g/mol. The van der Waals surface area contributed by atoms with Crippen LogP contribution in [0.25, 0.3) is 0 Å². The van der Waals surface area contributed by atoms with Crippen molar-refractivity contribution in [2.75, 3.05) is 40.0 Å². The standard InChI is InChI=1S/C28H38N2O4.C3H8/c1-21(2)17-30(18-22-11-12-26-27(16-22)34-15-7-14-33-26)28(31)24-9-6-13-29(20-24)19-23-8-4-5-10-25(23)32-3;1-3-2/h4-5,8,10-12,16,21,24H,6-7,9,13-15,17-20H2,1-3H3;3H2,1-2H3. The maximum absolute atomic E-state index is 13.7. The van der Waals surface area contributed by atoms with E-state index in [2.05, 4.69) is 44.7 Å². The van der Waals surface area contributed by atoms with Crippen molar-refractivity contribution in [1.29, 1.82) is 0 Å². The molecule has 2 heterocycles. The second kappa shape index (κ2) is 14.9. The third-order valence-electron chi connectivity index (χ3n) is 6.52. The summed E-state index contributed by atoms with van der Waals surface area (Å²) in [6.07, 6.45) is 4.11. The first-order chi connectivity index (χ1) is 17.9. The molecule has 0 aromatic heterocycles. The molecule has 0 spiro atoms. The van der Waals surface area contributed by atoms with Crippen molar-refractivity contribution in [2.45, 2.75) is 66.5 Å². The van der Waals surface area contributed by atoms with Gasteiger partial charge in [0.05, 0.1) is 26.2 Å². The SMILES string of the molecule is CCC.COc1ccccc1CN1CCCC(C(=O)N(Cc2ccc3c(c2)OCCCO3)CC(C)C)C1. The molecule has 1 amide bonds. The summed E-state index contributed by atoms with van der Waals surface area (Å²) in [6.45, 7) is 13.9. The van der Waals surface area contributed by atoms with Crippen LogP contribution < -0.4 is 14.2 Å². The predicted octanol–water partition coefficient (Wildman–Crippen LogP) is 6.17. The van der Waals surface area contributed by atoms with Crippen LogP contribution in [0.5, 0.6) is 17.2 Å².